The number of aliphatic carboxylic acids is 1. The number of furan rings is 2. The van der Waals surface area contributed by atoms with Crippen molar-refractivity contribution in [1.29, 1.82) is 0 Å². The van der Waals surface area contributed by atoms with E-state index in [0.717, 1.165) is 0 Å². The molecule has 2 rings (SSSR count). The fraction of sp³-hybridized carbons (Fsp3) is 0.0833. The van der Waals surface area contributed by atoms with E-state index >= 15 is 0 Å². The number of hydrogen-bond acceptors (Lipinski definition) is 4. The molecule has 0 unspecified atom stereocenters. The average molecular weight is 217 g/mol. The van der Waals surface area contributed by atoms with Gasteiger partial charge in [-0.3, -0.25) is 0 Å². The Morgan fingerprint density at radius 1 is 1.25 bits per heavy atom. The summed E-state index contributed by atoms with van der Waals surface area (Å²) in [7, 11) is 0. The van der Waals surface area contributed by atoms with Gasteiger partial charge in [-0.2, -0.15) is 0 Å². The minimum absolute atomic E-state index is 0.116. The Morgan fingerprint density at radius 2 is 2.00 bits per heavy atom. The summed E-state index contributed by atoms with van der Waals surface area (Å²) in [5.74, 6) is -0.180. The summed E-state index contributed by atoms with van der Waals surface area (Å²) in [6.45, 7) is 0. The first-order valence-electron chi connectivity index (χ1n) is 4.73. The zero-order chi connectivity index (χ0) is 11.4. The van der Waals surface area contributed by atoms with Crippen LogP contribution in [0.2, 0.25) is 0 Å². The molecule has 2 aromatic rings. The summed E-state index contributed by atoms with van der Waals surface area (Å²) in [6, 6.07) is 6.77. The second-order valence-electron chi connectivity index (χ2n) is 3.23. The smallest absolute Gasteiger partial charge is 0.126 e. The molecule has 0 aliphatic rings. The van der Waals surface area contributed by atoms with Gasteiger partial charge in [-0.15, -0.1) is 0 Å². The van der Waals surface area contributed by atoms with Crippen molar-refractivity contribution in [2.24, 2.45) is 0 Å². The van der Waals surface area contributed by atoms with Gasteiger partial charge in [0.15, 0.2) is 0 Å². The Labute approximate surface area is 91.8 Å². The van der Waals surface area contributed by atoms with Crippen LogP contribution in [0.1, 0.15) is 11.5 Å². The van der Waals surface area contributed by atoms with Crippen molar-refractivity contribution in [1.82, 2.24) is 0 Å². The number of carboxylic acid groups (broad SMARTS) is 1. The molecule has 0 bridgehead atoms. The van der Waals surface area contributed by atoms with Crippen LogP contribution in [0.5, 0.6) is 0 Å². The normalized spacial score (nSPS) is 11.6. The van der Waals surface area contributed by atoms with Crippen molar-refractivity contribution in [3.8, 4) is 0 Å². The van der Waals surface area contributed by atoms with Crippen LogP contribution < -0.4 is 5.11 Å². The van der Waals surface area contributed by atoms with E-state index in [2.05, 4.69) is 0 Å². The molecular formula is C12H9O4-. The van der Waals surface area contributed by atoms with E-state index in [-0.39, 0.29) is 12.0 Å². The highest BCUT2D eigenvalue weighted by Gasteiger charge is 2.04. The Hall–Kier alpha value is -2.23. The molecule has 0 radical (unpaired) electrons. The van der Waals surface area contributed by atoms with Crippen LogP contribution in [0.3, 0.4) is 0 Å². The highest BCUT2D eigenvalue weighted by Crippen LogP contribution is 2.13. The summed E-state index contributed by atoms with van der Waals surface area (Å²) in [5, 5.41) is 10.9. The molecule has 0 fully saturated rings. The second kappa shape index (κ2) is 4.53. The predicted molar refractivity (Wildman–Crippen MR) is 54.1 cm³/mol. The molecular weight excluding hydrogens is 208 g/mol. The van der Waals surface area contributed by atoms with E-state index in [1.165, 1.54) is 18.6 Å². The molecule has 0 spiro atoms. The van der Waals surface area contributed by atoms with Gasteiger partial charge in [0.1, 0.15) is 11.5 Å². The summed E-state index contributed by atoms with van der Waals surface area (Å²) in [6.07, 6.45) is 4.58. The largest absolute Gasteiger partial charge is 0.545 e. The fourth-order valence-electron chi connectivity index (χ4n) is 1.33. The van der Waals surface area contributed by atoms with Crippen LogP contribution in [-0.2, 0) is 11.2 Å². The molecule has 2 aromatic heterocycles. The summed E-state index contributed by atoms with van der Waals surface area (Å²) in [4.78, 5) is 10.9. The minimum atomic E-state index is -1.23. The SMILES string of the molecule is O=C([O-])/C(=C/c1ccco1)Cc1ccco1. The van der Waals surface area contributed by atoms with Crippen LogP contribution >= 0.6 is 0 Å². The summed E-state index contributed by atoms with van der Waals surface area (Å²) < 4.78 is 10.1. The van der Waals surface area contributed by atoms with Crippen molar-refractivity contribution in [2.75, 3.05) is 0 Å². The van der Waals surface area contributed by atoms with E-state index < -0.39 is 5.97 Å². The molecule has 0 aliphatic carbocycles. The topological polar surface area (TPSA) is 66.4 Å². The minimum Gasteiger partial charge on any atom is -0.545 e. The van der Waals surface area contributed by atoms with Gasteiger partial charge in [0.05, 0.1) is 18.5 Å². The molecule has 4 heteroatoms. The van der Waals surface area contributed by atoms with Crippen LogP contribution in [0.15, 0.2) is 51.2 Å². The molecule has 0 N–H and O–H groups in total. The predicted octanol–water partition coefficient (Wildman–Crippen LogP) is 1.25. The van der Waals surface area contributed by atoms with Gasteiger partial charge in [-0.25, -0.2) is 0 Å². The molecule has 0 amide bonds. The van der Waals surface area contributed by atoms with Gasteiger partial charge < -0.3 is 18.7 Å². The lowest BCUT2D eigenvalue weighted by molar-refractivity contribution is -0.299. The van der Waals surface area contributed by atoms with Crippen LogP contribution in [0.4, 0.5) is 0 Å². The standard InChI is InChI=1S/C12H10O4/c13-12(14)9(7-10-3-1-5-15-10)8-11-4-2-6-16-11/h1-7H,8H2,(H,13,14)/p-1/b9-7+. The first-order chi connectivity index (χ1) is 7.75. The fourth-order valence-corrected chi connectivity index (χ4v) is 1.33. The number of carboxylic acids is 1. The Balaban J connectivity index is 2.21. The first kappa shape index (κ1) is 10.3. The average Bonchev–Trinajstić information content (AvgIpc) is 2.88. The lowest BCUT2D eigenvalue weighted by atomic mass is 10.1. The van der Waals surface area contributed by atoms with Crippen molar-refractivity contribution in [2.45, 2.75) is 6.42 Å². The maximum absolute atomic E-state index is 10.9. The van der Waals surface area contributed by atoms with Gasteiger partial charge in [-0.1, -0.05) is 0 Å². The summed E-state index contributed by atoms with van der Waals surface area (Å²) >= 11 is 0. The molecule has 0 saturated carbocycles. The third-order valence-corrected chi connectivity index (χ3v) is 2.07. The maximum atomic E-state index is 10.9. The quantitative estimate of drug-likeness (QED) is 0.723. The van der Waals surface area contributed by atoms with Gasteiger partial charge in [0.25, 0.3) is 0 Å². The first-order valence-corrected chi connectivity index (χ1v) is 4.73. The molecule has 0 atom stereocenters. The van der Waals surface area contributed by atoms with Crippen molar-refractivity contribution in [3.63, 3.8) is 0 Å². The van der Waals surface area contributed by atoms with Crippen molar-refractivity contribution in [3.05, 3.63) is 53.9 Å². The number of carbonyl (C=O) groups is 1. The second-order valence-corrected chi connectivity index (χ2v) is 3.23. The lowest BCUT2D eigenvalue weighted by Gasteiger charge is -2.05. The summed E-state index contributed by atoms with van der Waals surface area (Å²) in [5.41, 5.74) is 0.116. The van der Waals surface area contributed by atoms with E-state index in [1.54, 1.807) is 24.3 Å². The van der Waals surface area contributed by atoms with Gasteiger partial charge in [-0.05, 0) is 35.9 Å². The molecule has 0 aliphatic heterocycles. The Bertz CT molecular complexity index is 477. The lowest BCUT2D eigenvalue weighted by Crippen LogP contribution is -2.25. The monoisotopic (exact) mass is 217 g/mol. The van der Waals surface area contributed by atoms with E-state index in [9.17, 15) is 9.90 Å². The van der Waals surface area contributed by atoms with Gasteiger partial charge in [0, 0.05) is 6.42 Å². The van der Waals surface area contributed by atoms with E-state index in [4.69, 9.17) is 8.83 Å². The van der Waals surface area contributed by atoms with Crippen LogP contribution in [0, 0.1) is 0 Å². The Morgan fingerprint density at radius 3 is 2.56 bits per heavy atom. The third kappa shape index (κ3) is 2.42. The number of hydrogen-bond donors (Lipinski definition) is 0. The number of rotatable bonds is 4. The zero-order valence-electron chi connectivity index (χ0n) is 8.38. The molecule has 16 heavy (non-hydrogen) atoms. The maximum Gasteiger partial charge on any atom is 0.126 e. The molecule has 82 valence electrons. The molecule has 2 heterocycles. The highest BCUT2D eigenvalue weighted by molar-refractivity contribution is 5.90. The van der Waals surface area contributed by atoms with E-state index in [0.29, 0.717) is 11.5 Å². The van der Waals surface area contributed by atoms with Gasteiger partial charge >= 0.3 is 0 Å². The Kier molecular flexibility index (Phi) is 2.91. The highest BCUT2D eigenvalue weighted by atomic mass is 16.4. The van der Waals surface area contributed by atoms with Gasteiger partial charge in [0.2, 0.25) is 0 Å². The zero-order valence-corrected chi connectivity index (χ0v) is 8.38. The molecule has 4 nitrogen and oxygen atoms in total. The van der Waals surface area contributed by atoms with E-state index in [1.807, 2.05) is 0 Å². The van der Waals surface area contributed by atoms with Crippen molar-refractivity contribution < 1.29 is 18.7 Å². The number of carbonyl (C=O) groups excluding carboxylic acids is 1. The third-order valence-electron chi connectivity index (χ3n) is 2.07. The molecule has 0 aromatic carbocycles. The van der Waals surface area contributed by atoms with Crippen LogP contribution in [-0.4, -0.2) is 5.97 Å². The van der Waals surface area contributed by atoms with Crippen molar-refractivity contribution >= 4 is 12.0 Å². The van der Waals surface area contributed by atoms with Crippen LogP contribution in [0.25, 0.3) is 6.08 Å². The molecule has 0 saturated heterocycles.